The van der Waals surface area contributed by atoms with Crippen molar-refractivity contribution in [2.24, 2.45) is 4.99 Å². The molecular formula is C19H26N4O. The van der Waals surface area contributed by atoms with Crippen LogP contribution in [0.2, 0.25) is 0 Å². The van der Waals surface area contributed by atoms with E-state index in [9.17, 15) is 0 Å². The van der Waals surface area contributed by atoms with Crippen LogP contribution in [0.4, 0.5) is 0 Å². The van der Waals surface area contributed by atoms with Crippen molar-refractivity contribution in [3.8, 4) is 0 Å². The van der Waals surface area contributed by atoms with Crippen molar-refractivity contribution in [1.82, 2.24) is 15.6 Å². The second kappa shape index (κ2) is 9.67. The lowest BCUT2D eigenvalue weighted by Gasteiger charge is -2.12. The second-order valence-corrected chi connectivity index (χ2v) is 5.78. The van der Waals surface area contributed by atoms with E-state index in [2.05, 4.69) is 44.9 Å². The molecule has 0 spiro atoms. The number of benzene rings is 1. The molecule has 2 aromatic rings. The van der Waals surface area contributed by atoms with Gasteiger partial charge in [0.1, 0.15) is 0 Å². The minimum Gasteiger partial charge on any atom is -0.374 e. The Morgan fingerprint density at radius 2 is 1.75 bits per heavy atom. The summed E-state index contributed by atoms with van der Waals surface area (Å²) in [5.74, 6) is 0.757. The number of aliphatic imine (C=N–C) groups is 1. The fourth-order valence-corrected chi connectivity index (χ4v) is 2.10. The zero-order valence-electron chi connectivity index (χ0n) is 14.6. The third-order valence-electron chi connectivity index (χ3n) is 3.45. The Labute approximate surface area is 144 Å². The first-order valence-corrected chi connectivity index (χ1v) is 8.21. The van der Waals surface area contributed by atoms with Crippen LogP contribution in [0.15, 0.2) is 53.7 Å². The Morgan fingerprint density at radius 3 is 2.38 bits per heavy atom. The van der Waals surface area contributed by atoms with Gasteiger partial charge in [-0.1, -0.05) is 30.3 Å². The molecule has 128 valence electrons. The van der Waals surface area contributed by atoms with Crippen molar-refractivity contribution < 1.29 is 4.74 Å². The van der Waals surface area contributed by atoms with Gasteiger partial charge >= 0.3 is 0 Å². The molecule has 5 nitrogen and oxygen atoms in total. The maximum atomic E-state index is 5.61. The molecule has 1 aromatic heterocycles. The van der Waals surface area contributed by atoms with Gasteiger partial charge in [-0.05, 0) is 37.1 Å². The van der Waals surface area contributed by atoms with E-state index in [1.165, 1.54) is 11.1 Å². The Balaban J connectivity index is 1.78. The molecule has 0 saturated heterocycles. The van der Waals surface area contributed by atoms with Gasteiger partial charge in [0.05, 0.1) is 24.9 Å². The number of hydrogen-bond acceptors (Lipinski definition) is 3. The summed E-state index contributed by atoms with van der Waals surface area (Å²) in [7, 11) is 1.76. The Kier molecular flexibility index (Phi) is 7.23. The summed E-state index contributed by atoms with van der Waals surface area (Å²) < 4.78 is 5.61. The molecule has 1 aromatic carbocycles. The van der Waals surface area contributed by atoms with Crippen LogP contribution in [0.3, 0.4) is 0 Å². The van der Waals surface area contributed by atoms with Crippen molar-refractivity contribution in [2.75, 3.05) is 7.05 Å². The fourth-order valence-electron chi connectivity index (χ4n) is 2.10. The third-order valence-corrected chi connectivity index (χ3v) is 3.45. The molecule has 0 saturated carbocycles. The predicted octanol–water partition coefficient (Wildman–Crippen LogP) is 2.87. The molecule has 5 heteroatoms. The molecule has 0 aliphatic heterocycles. The van der Waals surface area contributed by atoms with E-state index in [1.54, 1.807) is 13.2 Å². The van der Waals surface area contributed by atoms with Crippen LogP contribution in [-0.2, 0) is 24.4 Å². The van der Waals surface area contributed by atoms with Crippen LogP contribution in [0.1, 0.15) is 30.7 Å². The van der Waals surface area contributed by atoms with Gasteiger partial charge in [0.2, 0.25) is 0 Å². The summed E-state index contributed by atoms with van der Waals surface area (Å²) in [6, 6.07) is 14.3. The molecule has 0 unspecified atom stereocenters. The van der Waals surface area contributed by atoms with Crippen molar-refractivity contribution >= 4 is 5.96 Å². The van der Waals surface area contributed by atoms with E-state index in [-0.39, 0.29) is 6.10 Å². The van der Waals surface area contributed by atoms with E-state index in [4.69, 9.17) is 4.74 Å². The summed E-state index contributed by atoms with van der Waals surface area (Å²) in [5, 5.41) is 6.56. The van der Waals surface area contributed by atoms with E-state index in [1.807, 2.05) is 32.0 Å². The molecule has 2 N–H and O–H groups in total. The zero-order chi connectivity index (χ0) is 17.2. The molecule has 1 heterocycles. The highest BCUT2D eigenvalue weighted by Crippen LogP contribution is 2.07. The number of nitrogens with zero attached hydrogens (tertiary/aromatic N) is 2. The maximum absolute atomic E-state index is 5.61. The summed E-state index contributed by atoms with van der Waals surface area (Å²) in [5.41, 5.74) is 3.36. The van der Waals surface area contributed by atoms with Crippen molar-refractivity contribution in [3.05, 3.63) is 65.5 Å². The summed E-state index contributed by atoms with van der Waals surface area (Å²) in [6.45, 7) is 6.10. The van der Waals surface area contributed by atoms with Crippen LogP contribution in [0.5, 0.6) is 0 Å². The predicted molar refractivity (Wildman–Crippen MR) is 97.6 cm³/mol. The lowest BCUT2D eigenvalue weighted by molar-refractivity contribution is 0.0657. The average Bonchev–Trinajstić information content (AvgIpc) is 2.62. The topological polar surface area (TPSA) is 58.5 Å². The zero-order valence-corrected chi connectivity index (χ0v) is 14.6. The van der Waals surface area contributed by atoms with E-state index in [0.717, 1.165) is 11.7 Å². The van der Waals surface area contributed by atoms with Gasteiger partial charge in [-0.25, -0.2) is 0 Å². The molecule has 0 aliphatic rings. The minimum absolute atomic E-state index is 0.250. The van der Waals surface area contributed by atoms with Crippen LogP contribution < -0.4 is 10.6 Å². The van der Waals surface area contributed by atoms with E-state index in [0.29, 0.717) is 19.7 Å². The van der Waals surface area contributed by atoms with Crippen LogP contribution in [-0.4, -0.2) is 24.1 Å². The van der Waals surface area contributed by atoms with Crippen molar-refractivity contribution in [1.29, 1.82) is 0 Å². The number of pyridine rings is 1. The SMILES string of the molecule is CN=C(NCc1ccc(COC(C)C)cc1)NCc1ccccn1. The van der Waals surface area contributed by atoms with Gasteiger partial charge in [0.15, 0.2) is 5.96 Å². The number of rotatable bonds is 7. The highest BCUT2D eigenvalue weighted by Gasteiger charge is 2.01. The smallest absolute Gasteiger partial charge is 0.191 e. The molecule has 0 aliphatic carbocycles. The number of guanidine groups is 1. The van der Waals surface area contributed by atoms with E-state index >= 15 is 0 Å². The van der Waals surface area contributed by atoms with Crippen molar-refractivity contribution in [2.45, 2.75) is 39.6 Å². The molecule has 0 radical (unpaired) electrons. The van der Waals surface area contributed by atoms with Gasteiger partial charge in [-0.15, -0.1) is 0 Å². The number of ether oxygens (including phenoxy) is 1. The first-order valence-electron chi connectivity index (χ1n) is 8.21. The summed E-state index contributed by atoms with van der Waals surface area (Å²) in [6.07, 6.45) is 2.04. The van der Waals surface area contributed by atoms with Gasteiger partial charge < -0.3 is 15.4 Å². The van der Waals surface area contributed by atoms with Gasteiger partial charge in [0, 0.05) is 19.8 Å². The summed E-state index contributed by atoms with van der Waals surface area (Å²) >= 11 is 0. The van der Waals surface area contributed by atoms with Gasteiger partial charge in [0.25, 0.3) is 0 Å². The molecule has 0 bridgehead atoms. The highest BCUT2D eigenvalue weighted by molar-refractivity contribution is 5.79. The Hall–Kier alpha value is -2.40. The molecule has 2 rings (SSSR count). The van der Waals surface area contributed by atoms with E-state index < -0.39 is 0 Å². The second-order valence-electron chi connectivity index (χ2n) is 5.78. The first-order chi connectivity index (χ1) is 11.7. The molecule has 24 heavy (non-hydrogen) atoms. The molecular weight excluding hydrogens is 300 g/mol. The average molecular weight is 326 g/mol. The monoisotopic (exact) mass is 326 g/mol. The molecule has 0 atom stereocenters. The van der Waals surface area contributed by atoms with Crippen LogP contribution in [0.25, 0.3) is 0 Å². The molecule has 0 fully saturated rings. The Morgan fingerprint density at radius 1 is 1.04 bits per heavy atom. The first kappa shape index (κ1) is 17.9. The minimum atomic E-state index is 0.250. The van der Waals surface area contributed by atoms with Crippen molar-refractivity contribution in [3.63, 3.8) is 0 Å². The van der Waals surface area contributed by atoms with Gasteiger partial charge in [-0.3, -0.25) is 9.98 Å². The largest absolute Gasteiger partial charge is 0.374 e. The lowest BCUT2D eigenvalue weighted by atomic mass is 10.1. The third kappa shape index (κ3) is 6.38. The van der Waals surface area contributed by atoms with Gasteiger partial charge in [-0.2, -0.15) is 0 Å². The molecule has 0 amide bonds. The number of hydrogen-bond donors (Lipinski definition) is 2. The van der Waals surface area contributed by atoms with Crippen LogP contribution >= 0.6 is 0 Å². The lowest BCUT2D eigenvalue weighted by Crippen LogP contribution is -2.36. The number of aromatic nitrogens is 1. The normalized spacial score (nSPS) is 11.6. The quantitative estimate of drug-likeness (QED) is 0.607. The van der Waals surface area contributed by atoms with Crippen LogP contribution in [0, 0.1) is 0 Å². The maximum Gasteiger partial charge on any atom is 0.191 e. The Bertz CT molecular complexity index is 624. The summed E-state index contributed by atoms with van der Waals surface area (Å²) in [4.78, 5) is 8.52. The fraction of sp³-hybridized carbons (Fsp3) is 0.368. The standard InChI is InChI=1S/C19H26N4O/c1-15(2)24-14-17-9-7-16(8-10-17)12-22-19(20-3)23-13-18-6-4-5-11-21-18/h4-11,15H,12-14H2,1-3H3,(H2,20,22,23). The highest BCUT2D eigenvalue weighted by atomic mass is 16.5. The number of nitrogens with one attached hydrogen (secondary N) is 2.